The van der Waals surface area contributed by atoms with Crippen molar-refractivity contribution in [2.24, 2.45) is 5.41 Å². The maximum atomic E-state index is 12.9. The highest BCUT2D eigenvalue weighted by Gasteiger charge is 2.66. The average Bonchev–Trinajstić information content (AvgIpc) is 2.94. The van der Waals surface area contributed by atoms with E-state index in [1.807, 2.05) is 30.3 Å². The van der Waals surface area contributed by atoms with Crippen LogP contribution in [0.25, 0.3) is 0 Å². The number of hydrogen-bond donors (Lipinski definition) is 1. The predicted molar refractivity (Wildman–Crippen MR) is 88.2 cm³/mol. The first-order valence-electron chi connectivity index (χ1n) is 8.14. The van der Waals surface area contributed by atoms with E-state index in [1.54, 1.807) is 7.11 Å². The van der Waals surface area contributed by atoms with Gasteiger partial charge in [0.2, 0.25) is 11.8 Å². The second kappa shape index (κ2) is 6.36. The lowest BCUT2D eigenvalue weighted by Gasteiger charge is -2.20. The monoisotopic (exact) mass is 329 g/mol. The highest BCUT2D eigenvalue weighted by atomic mass is 16.5. The van der Waals surface area contributed by atoms with Crippen LogP contribution in [0.1, 0.15) is 37.5 Å². The molecule has 1 aliphatic carbocycles. The Hall–Kier alpha value is -2.21. The van der Waals surface area contributed by atoms with Gasteiger partial charge in [-0.3, -0.25) is 4.79 Å². The number of benzene rings is 1. The standard InChI is InChI=1S/C18H23N3O3/c1-17(2)12-18(17,13-7-5-4-6-8-13)16(22)19-11-15-20-14(21-24-15)9-10-23-3/h4-8H,9-12H2,1-3H3,(H,19,22). The van der Waals surface area contributed by atoms with Crippen molar-refractivity contribution in [2.45, 2.75) is 38.6 Å². The molecule has 6 nitrogen and oxygen atoms in total. The Morgan fingerprint density at radius 1 is 1.33 bits per heavy atom. The molecule has 1 aromatic carbocycles. The SMILES string of the molecule is COCCc1noc(CNC(=O)C2(c3ccccc3)CC2(C)C)n1. The summed E-state index contributed by atoms with van der Waals surface area (Å²) in [7, 11) is 1.63. The van der Waals surface area contributed by atoms with Crippen molar-refractivity contribution in [3.8, 4) is 0 Å². The Morgan fingerprint density at radius 2 is 2.04 bits per heavy atom. The Balaban J connectivity index is 1.67. The number of aromatic nitrogens is 2. The molecule has 24 heavy (non-hydrogen) atoms. The van der Waals surface area contributed by atoms with E-state index in [2.05, 4.69) is 29.3 Å². The number of hydrogen-bond acceptors (Lipinski definition) is 5. The highest BCUT2D eigenvalue weighted by molar-refractivity contribution is 5.93. The van der Waals surface area contributed by atoms with Crippen molar-refractivity contribution >= 4 is 5.91 Å². The summed E-state index contributed by atoms with van der Waals surface area (Å²) < 4.78 is 10.2. The van der Waals surface area contributed by atoms with Gasteiger partial charge in [-0.1, -0.05) is 49.3 Å². The van der Waals surface area contributed by atoms with Crippen LogP contribution in [0.2, 0.25) is 0 Å². The molecule has 1 aliphatic rings. The summed E-state index contributed by atoms with van der Waals surface area (Å²) in [5.74, 6) is 1.01. The summed E-state index contributed by atoms with van der Waals surface area (Å²) in [4.78, 5) is 17.1. The topological polar surface area (TPSA) is 77.3 Å². The summed E-state index contributed by atoms with van der Waals surface area (Å²) in [6.45, 7) is 5.02. The summed E-state index contributed by atoms with van der Waals surface area (Å²) in [5, 5.41) is 6.84. The van der Waals surface area contributed by atoms with Crippen molar-refractivity contribution in [3.63, 3.8) is 0 Å². The molecule has 1 atom stereocenters. The minimum Gasteiger partial charge on any atom is -0.384 e. The number of amides is 1. The molecular formula is C18H23N3O3. The minimum atomic E-state index is -0.479. The van der Waals surface area contributed by atoms with E-state index < -0.39 is 5.41 Å². The fourth-order valence-electron chi connectivity index (χ4n) is 3.32. The Labute approximate surface area is 141 Å². The summed E-state index contributed by atoms with van der Waals surface area (Å²) in [6.07, 6.45) is 1.42. The minimum absolute atomic E-state index is 0.00958. The Morgan fingerprint density at radius 3 is 2.67 bits per heavy atom. The molecule has 0 spiro atoms. The van der Waals surface area contributed by atoms with Gasteiger partial charge in [-0.25, -0.2) is 0 Å². The molecule has 128 valence electrons. The quantitative estimate of drug-likeness (QED) is 0.843. The fraction of sp³-hybridized carbons (Fsp3) is 0.500. The van der Waals surface area contributed by atoms with Crippen LogP contribution in [-0.4, -0.2) is 29.8 Å². The smallest absolute Gasteiger partial charge is 0.246 e. The molecule has 1 N–H and O–H groups in total. The number of ether oxygens (including phenoxy) is 1. The zero-order chi connectivity index (χ0) is 17.2. The Bertz CT molecular complexity index is 711. The van der Waals surface area contributed by atoms with Crippen LogP contribution in [0.15, 0.2) is 34.9 Å². The summed E-state index contributed by atoms with van der Waals surface area (Å²) in [5.41, 5.74) is 0.517. The molecular weight excluding hydrogens is 306 g/mol. The molecule has 2 aromatic rings. The number of carbonyl (C=O) groups is 1. The lowest BCUT2D eigenvalue weighted by Crippen LogP contribution is -2.37. The number of nitrogens with zero attached hydrogens (tertiary/aromatic N) is 2. The van der Waals surface area contributed by atoms with Crippen LogP contribution >= 0.6 is 0 Å². The van der Waals surface area contributed by atoms with Gasteiger partial charge in [0.25, 0.3) is 0 Å². The molecule has 3 rings (SSSR count). The number of methoxy groups -OCH3 is 1. The van der Waals surface area contributed by atoms with Crippen molar-refractivity contribution in [1.29, 1.82) is 0 Å². The van der Waals surface area contributed by atoms with Crippen molar-refractivity contribution < 1.29 is 14.1 Å². The first-order valence-corrected chi connectivity index (χ1v) is 8.14. The van der Waals surface area contributed by atoms with Crippen molar-refractivity contribution in [3.05, 3.63) is 47.6 Å². The average molecular weight is 329 g/mol. The van der Waals surface area contributed by atoms with E-state index in [0.29, 0.717) is 24.7 Å². The molecule has 1 fully saturated rings. The fourth-order valence-corrected chi connectivity index (χ4v) is 3.32. The van der Waals surface area contributed by atoms with E-state index >= 15 is 0 Å². The summed E-state index contributed by atoms with van der Waals surface area (Å²) in [6, 6.07) is 9.94. The van der Waals surface area contributed by atoms with Gasteiger partial charge in [0.05, 0.1) is 18.6 Å². The van der Waals surface area contributed by atoms with Crippen molar-refractivity contribution in [2.75, 3.05) is 13.7 Å². The highest BCUT2D eigenvalue weighted by Crippen LogP contribution is 2.64. The maximum Gasteiger partial charge on any atom is 0.246 e. The summed E-state index contributed by atoms with van der Waals surface area (Å²) >= 11 is 0. The van der Waals surface area contributed by atoms with Crippen LogP contribution in [0.4, 0.5) is 0 Å². The van der Waals surface area contributed by atoms with E-state index in [4.69, 9.17) is 9.26 Å². The molecule has 1 amide bonds. The van der Waals surface area contributed by atoms with Crippen LogP contribution in [0.5, 0.6) is 0 Å². The van der Waals surface area contributed by atoms with Gasteiger partial charge < -0.3 is 14.6 Å². The van der Waals surface area contributed by atoms with Gasteiger partial charge in [0.1, 0.15) is 0 Å². The molecule has 6 heteroatoms. The molecule has 1 heterocycles. The predicted octanol–water partition coefficient (Wildman–Crippen LogP) is 2.24. The number of nitrogens with one attached hydrogen (secondary N) is 1. The molecule has 0 radical (unpaired) electrons. The second-order valence-electron chi connectivity index (χ2n) is 6.86. The van der Waals surface area contributed by atoms with Crippen LogP contribution in [-0.2, 0) is 27.9 Å². The third kappa shape index (κ3) is 2.94. The third-order valence-electron chi connectivity index (χ3n) is 4.83. The normalized spacial score (nSPS) is 21.5. The van der Waals surface area contributed by atoms with Gasteiger partial charge in [-0.15, -0.1) is 0 Å². The van der Waals surface area contributed by atoms with Gasteiger partial charge in [0.15, 0.2) is 5.82 Å². The number of carbonyl (C=O) groups excluding carboxylic acids is 1. The van der Waals surface area contributed by atoms with E-state index in [9.17, 15) is 4.79 Å². The Kier molecular flexibility index (Phi) is 4.41. The van der Waals surface area contributed by atoms with E-state index in [-0.39, 0.29) is 17.9 Å². The molecule has 1 unspecified atom stereocenters. The third-order valence-corrected chi connectivity index (χ3v) is 4.83. The van der Waals surface area contributed by atoms with E-state index in [0.717, 1.165) is 12.0 Å². The molecule has 0 bridgehead atoms. The van der Waals surface area contributed by atoms with Crippen LogP contribution in [0.3, 0.4) is 0 Å². The van der Waals surface area contributed by atoms with Crippen molar-refractivity contribution in [1.82, 2.24) is 15.5 Å². The molecule has 0 saturated heterocycles. The number of rotatable bonds is 7. The van der Waals surface area contributed by atoms with Gasteiger partial charge in [-0.05, 0) is 17.4 Å². The zero-order valence-corrected chi connectivity index (χ0v) is 14.3. The van der Waals surface area contributed by atoms with Crippen LogP contribution < -0.4 is 5.32 Å². The second-order valence-corrected chi connectivity index (χ2v) is 6.86. The first-order chi connectivity index (χ1) is 11.5. The maximum absolute atomic E-state index is 12.9. The van der Waals surface area contributed by atoms with E-state index in [1.165, 1.54) is 0 Å². The van der Waals surface area contributed by atoms with Gasteiger partial charge >= 0.3 is 0 Å². The lowest BCUT2D eigenvalue weighted by molar-refractivity contribution is -0.124. The zero-order valence-electron chi connectivity index (χ0n) is 14.3. The lowest BCUT2D eigenvalue weighted by atomic mass is 9.87. The van der Waals surface area contributed by atoms with Gasteiger partial charge in [0, 0.05) is 13.5 Å². The first kappa shape index (κ1) is 16.6. The largest absolute Gasteiger partial charge is 0.384 e. The van der Waals surface area contributed by atoms with Gasteiger partial charge in [-0.2, -0.15) is 4.98 Å². The molecule has 1 aromatic heterocycles. The van der Waals surface area contributed by atoms with Crippen LogP contribution in [0, 0.1) is 5.41 Å². The molecule has 1 saturated carbocycles. The molecule has 0 aliphatic heterocycles.